The van der Waals surface area contributed by atoms with Crippen molar-refractivity contribution in [2.24, 2.45) is 0 Å². The zero-order chi connectivity index (χ0) is 24.2. The molecule has 2 heterocycles. The monoisotopic (exact) mass is 494 g/mol. The van der Waals surface area contributed by atoms with Crippen LogP contribution in [0.15, 0.2) is 78.9 Å². The fraction of sp³-hybridized carbons (Fsp3) is 0.107. The molecule has 0 aliphatic carbocycles. The van der Waals surface area contributed by atoms with Crippen LogP contribution in [0.3, 0.4) is 0 Å². The standard InChI is InChI=1S/C28H22N6O.ClH/c1-18-15-26(27(19(2)30-18)23-13-7-20(16-29)8-14-23)35-17-21-9-11-22(12-10-21)24-5-3-4-6-25(24)28-31-33-34-32-28;/h3-15H,17H2,1-2H3,(H,31,32,33,34);1H. The minimum Gasteiger partial charge on any atom is -0.488 e. The third-order valence-corrected chi connectivity index (χ3v) is 5.77. The van der Waals surface area contributed by atoms with E-state index in [0.29, 0.717) is 18.0 Å². The number of aryl methyl sites for hydroxylation is 2. The minimum atomic E-state index is 0. The highest BCUT2D eigenvalue weighted by atomic mass is 35.5. The maximum absolute atomic E-state index is 9.11. The minimum absolute atomic E-state index is 0. The third kappa shape index (κ3) is 5.09. The van der Waals surface area contributed by atoms with Gasteiger partial charge in [0.1, 0.15) is 12.4 Å². The molecule has 0 amide bonds. The highest BCUT2D eigenvalue weighted by Gasteiger charge is 2.14. The van der Waals surface area contributed by atoms with Gasteiger partial charge in [0, 0.05) is 28.6 Å². The number of rotatable bonds is 6. The number of aromatic amines is 1. The van der Waals surface area contributed by atoms with E-state index in [4.69, 9.17) is 10.00 Å². The van der Waals surface area contributed by atoms with Crippen LogP contribution in [0, 0.1) is 25.2 Å². The van der Waals surface area contributed by atoms with Crippen LogP contribution in [0.5, 0.6) is 5.75 Å². The van der Waals surface area contributed by atoms with Gasteiger partial charge < -0.3 is 4.74 Å². The zero-order valence-electron chi connectivity index (χ0n) is 19.8. The number of benzene rings is 3. The Morgan fingerprint density at radius 2 is 1.58 bits per heavy atom. The van der Waals surface area contributed by atoms with Crippen LogP contribution in [0.1, 0.15) is 22.5 Å². The molecule has 8 heteroatoms. The molecule has 3 aromatic carbocycles. The molecule has 0 radical (unpaired) electrons. The van der Waals surface area contributed by atoms with E-state index in [0.717, 1.165) is 50.5 Å². The average molecular weight is 495 g/mol. The van der Waals surface area contributed by atoms with Crippen molar-refractivity contribution in [1.29, 1.82) is 5.26 Å². The van der Waals surface area contributed by atoms with Gasteiger partial charge in [-0.05, 0) is 53.4 Å². The lowest BCUT2D eigenvalue weighted by Crippen LogP contribution is -2.01. The summed E-state index contributed by atoms with van der Waals surface area (Å²) in [4.78, 5) is 4.62. The lowest BCUT2D eigenvalue weighted by Gasteiger charge is -2.15. The number of hydrogen-bond donors (Lipinski definition) is 1. The number of tetrazole rings is 1. The number of nitriles is 1. The highest BCUT2D eigenvalue weighted by Crippen LogP contribution is 2.34. The first kappa shape index (κ1) is 24.6. The first-order valence-electron chi connectivity index (χ1n) is 11.2. The van der Waals surface area contributed by atoms with Gasteiger partial charge in [0.2, 0.25) is 5.82 Å². The molecule has 1 N–H and O–H groups in total. The molecule has 0 aliphatic heterocycles. The summed E-state index contributed by atoms with van der Waals surface area (Å²) in [6.45, 7) is 4.35. The van der Waals surface area contributed by atoms with E-state index >= 15 is 0 Å². The molecule has 2 aromatic heterocycles. The Morgan fingerprint density at radius 3 is 2.25 bits per heavy atom. The maximum atomic E-state index is 9.11. The summed E-state index contributed by atoms with van der Waals surface area (Å²) in [6.07, 6.45) is 0. The quantitative estimate of drug-likeness (QED) is 0.307. The van der Waals surface area contributed by atoms with Crippen LogP contribution >= 0.6 is 12.4 Å². The second-order valence-corrected chi connectivity index (χ2v) is 8.18. The summed E-state index contributed by atoms with van der Waals surface area (Å²) in [6, 6.07) is 27.8. The molecule has 0 saturated heterocycles. The number of aromatic nitrogens is 5. The second kappa shape index (κ2) is 10.8. The average Bonchev–Trinajstić information content (AvgIpc) is 3.43. The molecular formula is C28H23ClN6O. The Balaban J connectivity index is 0.00000304. The Morgan fingerprint density at radius 1 is 0.889 bits per heavy atom. The number of nitrogens with zero attached hydrogens (tertiary/aromatic N) is 5. The van der Waals surface area contributed by atoms with E-state index in [1.165, 1.54) is 0 Å². The van der Waals surface area contributed by atoms with Crippen molar-refractivity contribution >= 4 is 12.4 Å². The van der Waals surface area contributed by atoms with E-state index in [9.17, 15) is 0 Å². The fourth-order valence-electron chi connectivity index (χ4n) is 4.12. The number of H-pyrrole nitrogens is 1. The molecule has 0 saturated carbocycles. The number of ether oxygens (including phenoxy) is 1. The molecule has 0 bridgehead atoms. The lowest BCUT2D eigenvalue weighted by molar-refractivity contribution is 0.307. The molecule has 0 fully saturated rings. The Bertz CT molecular complexity index is 1510. The van der Waals surface area contributed by atoms with Crippen LogP contribution in [-0.2, 0) is 6.61 Å². The second-order valence-electron chi connectivity index (χ2n) is 8.18. The molecule has 178 valence electrons. The van der Waals surface area contributed by atoms with Gasteiger partial charge >= 0.3 is 0 Å². The van der Waals surface area contributed by atoms with E-state index < -0.39 is 0 Å². The van der Waals surface area contributed by atoms with Crippen LogP contribution in [0.4, 0.5) is 0 Å². The zero-order valence-corrected chi connectivity index (χ0v) is 20.6. The molecule has 0 spiro atoms. The molecule has 0 aliphatic rings. The molecule has 36 heavy (non-hydrogen) atoms. The predicted molar refractivity (Wildman–Crippen MR) is 140 cm³/mol. The van der Waals surface area contributed by atoms with Crippen molar-refractivity contribution in [3.05, 3.63) is 101 Å². The van der Waals surface area contributed by atoms with Crippen molar-refractivity contribution < 1.29 is 4.74 Å². The first-order valence-corrected chi connectivity index (χ1v) is 11.2. The van der Waals surface area contributed by atoms with Crippen LogP contribution in [-0.4, -0.2) is 25.6 Å². The van der Waals surface area contributed by atoms with Crippen molar-refractivity contribution in [1.82, 2.24) is 25.6 Å². The predicted octanol–water partition coefficient (Wildman–Crippen LogP) is 6.09. The van der Waals surface area contributed by atoms with Gasteiger partial charge in [0.15, 0.2) is 0 Å². The van der Waals surface area contributed by atoms with E-state index in [1.807, 2.05) is 68.4 Å². The smallest absolute Gasteiger partial charge is 0.205 e. The summed E-state index contributed by atoms with van der Waals surface area (Å²) in [7, 11) is 0. The van der Waals surface area contributed by atoms with Gasteiger partial charge in [0.05, 0.1) is 11.6 Å². The Hall–Kier alpha value is -4.54. The number of pyridine rings is 1. The van der Waals surface area contributed by atoms with Gasteiger partial charge in [-0.25, -0.2) is 0 Å². The Kier molecular flexibility index (Phi) is 7.38. The molecule has 0 atom stereocenters. The van der Waals surface area contributed by atoms with Crippen LogP contribution < -0.4 is 4.74 Å². The summed E-state index contributed by atoms with van der Waals surface area (Å²) in [5.74, 6) is 1.33. The first-order chi connectivity index (χ1) is 17.1. The lowest BCUT2D eigenvalue weighted by atomic mass is 9.98. The number of halogens is 1. The van der Waals surface area contributed by atoms with E-state index in [2.05, 4.69) is 55.9 Å². The Labute approximate surface area is 215 Å². The van der Waals surface area contributed by atoms with Crippen molar-refractivity contribution in [3.63, 3.8) is 0 Å². The van der Waals surface area contributed by atoms with Gasteiger partial charge in [-0.2, -0.15) is 10.5 Å². The van der Waals surface area contributed by atoms with E-state index in [-0.39, 0.29) is 12.4 Å². The number of hydrogen-bond acceptors (Lipinski definition) is 6. The normalized spacial score (nSPS) is 10.4. The molecule has 7 nitrogen and oxygen atoms in total. The topological polar surface area (TPSA) is 100 Å². The summed E-state index contributed by atoms with van der Waals surface area (Å²) < 4.78 is 6.29. The van der Waals surface area contributed by atoms with Crippen molar-refractivity contribution in [2.75, 3.05) is 0 Å². The number of nitrogens with one attached hydrogen (secondary N) is 1. The van der Waals surface area contributed by atoms with Crippen LogP contribution in [0.25, 0.3) is 33.6 Å². The summed E-state index contributed by atoms with van der Waals surface area (Å²) in [5, 5.41) is 23.5. The summed E-state index contributed by atoms with van der Waals surface area (Å²) in [5.41, 5.74) is 8.36. The molecule has 5 aromatic rings. The molecular weight excluding hydrogens is 472 g/mol. The SMILES string of the molecule is Cc1cc(OCc2ccc(-c3ccccc3-c3nn[nH]n3)cc2)c(-c2ccc(C#N)cc2)c(C)n1.Cl. The van der Waals surface area contributed by atoms with Gasteiger partial charge in [-0.1, -0.05) is 60.7 Å². The highest BCUT2D eigenvalue weighted by molar-refractivity contribution is 5.85. The van der Waals surface area contributed by atoms with Gasteiger partial charge in [-0.15, -0.1) is 22.6 Å². The van der Waals surface area contributed by atoms with Crippen LogP contribution in [0.2, 0.25) is 0 Å². The van der Waals surface area contributed by atoms with E-state index in [1.54, 1.807) is 0 Å². The van der Waals surface area contributed by atoms with Gasteiger partial charge in [0.25, 0.3) is 0 Å². The molecule has 5 rings (SSSR count). The van der Waals surface area contributed by atoms with Gasteiger partial charge in [-0.3, -0.25) is 4.98 Å². The van der Waals surface area contributed by atoms with Crippen molar-refractivity contribution in [2.45, 2.75) is 20.5 Å². The van der Waals surface area contributed by atoms with Crippen molar-refractivity contribution in [3.8, 4) is 45.5 Å². The largest absolute Gasteiger partial charge is 0.488 e. The maximum Gasteiger partial charge on any atom is 0.205 e. The third-order valence-electron chi connectivity index (χ3n) is 5.77. The molecule has 0 unspecified atom stereocenters. The fourth-order valence-corrected chi connectivity index (χ4v) is 4.12. The summed E-state index contributed by atoms with van der Waals surface area (Å²) >= 11 is 0.